The Morgan fingerprint density at radius 2 is 1.52 bits per heavy atom. The SMILES string of the molecule is CC1(C)O[C@H]2[C@@H](O1)[C@@H](COCc1ccc(N3CCOCC3)cc1)O[C@@H]1OC(C)(C)O[C@@H]12. The second-order valence-electron chi connectivity index (χ2n) is 9.49. The van der Waals surface area contributed by atoms with Crippen molar-refractivity contribution in [2.75, 3.05) is 37.8 Å². The highest BCUT2D eigenvalue weighted by Gasteiger charge is 2.60. The summed E-state index contributed by atoms with van der Waals surface area (Å²) in [5.74, 6) is -1.41. The van der Waals surface area contributed by atoms with Gasteiger partial charge < -0.3 is 38.1 Å². The molecule has 0 unspecified atom stereocenters. The van der Waals surface area contributed by atoms with E-state index in [0.717, 1.165) is 31.9 Å². The average Bonchev–Trinajstić information content (AvgIpc) is 3.23. The second kappa shape index (κ2) is 8.26. The lowest BCUT2D eigenvalue weighted by molar-refractivity contribution is -0.243. The molecule has 8 nitrogen and oxygen atoms in total. The largest absolute Gasteiger partial charge is 0.378 e. The molecule has 5 rings (SSSR count). The molecule has 0 bridgehead atoms. The third-order valence-electron chi connectivity index (χ3n) is 6.11. The maximum absolute atomic E-state index is 6.19. The summed E-state index contributed by atoms with van der Waals surface area (Å²) in [6.07, 6.45) is -1.62. The van der Waals surface area contributed by atoms with Crippen LogP contribution >= 0.6 is 0 Å². The number of hydrogen-bond donors (Lipinski definition) is 0. The number of ether oxygens (including phenoxy) is 7. The van der Waals surface area contributed by atoms with E-state index in [-0.39, 0.29) is 24.4 Å². The number of nitrogens with zero attached hydrogens (tertiary/aromatic N) is 1. The Morgan fingerprint density at radius 3 is 2.26 bits per heavy atom. The van der Waals surface area contributed by atoms with E-state index in [0.29, 0.717) is 13.2 Å². The molecule has 172 valence electrons. The van der Waals surface area contributed by atoms with Crippen LogP contribution in [0, 0.1) is 0 Å². The van der Waals surface area contributed by atoms with E-state index in [2.05, 4.69) is 29.2 Å². The second-order valence-corrected chi connectivity index (χ2v) is 9.49. The van der Waals surface area contributed by atoms with Crippen LogP contribution in [0.5, 0.6) is 0 Å². The van der Waals surface area contributed by atoms with Gasteiger partial charge in [0, 0.05) is 18.8 Å². The van der Waals surface area contributed by atoms with Crippen LogP contribution in [0.4, 0.5) is 5.69 Å². The summed E-state index contributed by atoms with van der Waals surface area (Å²) >= 11 is 0. The molecule has 4 saturated heterocycles. The fourth-order valence-corrected chi connectivity index (χ4v) is 4.75. The van der Waals surface area contributed by atoms with Crippen LogP contribution in [0.15, 0.2) is 24.3 Å². The van der Waals surface area contributed by atoms with Crippen LogP contribution in [-0.4, -0.2) is 75.2 Å². The first-order valence-electron chi connectivity index (χ1n) is 11.2. The van der Waals surface area contributed by atoms with Gasteiger partial charge in [-0.3, -0.25) is 0 Å². The molecule has 4 aliphatic heterocycles. The molecule has 31 heavy (non-hydrogen) atoms. The van der Waals surface area contributed by atoms with Gasteiger partial charge in [0.05, 0.1) is 26.4 Å². The smallest absolute Gasteiger partial charge is 0.190 e. The number of benzene rings is 1. The van der Waals surface area contributed by atoms with E-state index in [9.17, 15) is 0 Å². The van der Waals surface area contributed by atoms with Crippen molar-refractivity contribution in [1.29, 1.82) is 0 Å². The molecule has 4 heterocycles. The minimum absolute atomic E-state index is 0.253. The van der Waals surface area contributed by atoms with E-state index in [1.807, 2.05) is 27.7 Å². The van der Waals surface area contributed by atoms with Crippen molar-refractivity contribution in [3.05, 3.63) is 29.8 Å². The fourth-order valence-electron chi connectivity index (χ4n) is 4.75. The van der Waals surface area contributed by atoms with Crippen molar-refractivity contribution in [2.24, 2.45) is 0 Å². The van der Waals surface area contributed by atoms with Gasteiger partial charge in [0.1, 0.15) is 24.4 Å². The van der Waals surface area contributed by atoms with Crippen LogP contribution in [0.1, 0.15) is 33.3 Å². The van der Waals surface area contributed by atoms with Crippen LogP contribution in [0.25, 0.3) is 0 Å². The zero-order chi connectivity index (χ0) is 21.6. The summed E-state index contributed by atoms with van der Waals surface area (Å²) in [7, 11) is 0. The average molecular weight is 436 g/mol. The van der Waals surface area contributed by atoms with E-state index >= 15 is 0 Å². The van der Waals surface area contributed by atoms with Crippen LogP contribution in [-0.2, 0) is 39.8 Å². The number of rotatable bonds is 5. The summed E-state index contributed by atoms with van der Waals surface area (Å²) in [4.78, 5) is 2.34. The van der Waals surface area contributed by atoms with E-state index in [1.165, 1.54) is 5.69 Å². The van der Waals surface area contributed by atoms with Crippen molar-refractivity contribution in [3.63, 3.8) is 0 Å². The zero-order valence-electron chi connectivity index (χ0n) is 18.7. The third-order valence-corrected chi connectivity index (χ3v) is 6.11. The molecule has 0 aliphatic carbocycles. The summed E-state index contributed by atoms with van der Waals surface area (Å²) < 4.78 is 41.9. The predicted octanol–water partition coefficient (Wildman–Crippen LogP) is 2.44. The molecule has 8 heteroatoms. The molecule has 1 aromatic rings. The van der Waals surface area contributed by atoms with Crippen molar-refractivity contribution < 1.29 is 33.2 Å². The predicted molar refractivity (Wildman–Crippen MR) is 112 cm³/mol. The third kappa shape index (κ3) is 4.61. The first kappa shape index (κ1) is 21.6. The van der Waals surface area contributed by atoms with Gasteiger partial charge in [-0.15, -0.1) is 0 Å². The van der Waals surface area contributed by atoms with Gasteiger partial charge in [-0.2, -0.15) is 0 Å². The lowest BCUT2D eigenvalue weighted by atomic mass is 9.99. The normalized spacial score (nSPS) is 36.3. The topological polar surface area (TPSA) is 67.9 Å². The van der Waals surface area contributed by atoms with Crippen LogP contribution in [0.3, 0.4) is 0 Å². The Morgan fingerprint density at radius 1 is 0.871 bits per heavy atom. The zero-order valence-corrected chi connectivity index (χ0v) is 18.7. The fraction of sp³-hybridized carbons (Fsp3) is 0.739. The first-order valence-corrected chi connectivity index (χ1v) is 11.2. The maximum atomic E-state index is 6.19. The summed E-state index contributed by atoms with van der Waals surface area (Å²) in [6.45, 7) is 11.9. The molecule has 4 fully saturated rings. The minimum atomic E-state index is -0.714. The Kier molecular flexibility index (Phi) is 5.75. The molecule has 0 spiro atoms. The van der Waals surface area contributed by atoms with Gasteiger partial charge in [0.2, 0.25) is 0 Å². The Balaban J connectivity index is 1.19. The molecular formula is C23H33NO7. The van der Waals surface area contributed by atoms with Gasteiger partial charge >= 0.3 is 0 Å². The van der Waals surface area contributed by atoms with Crippen molar-refractivity contribution in [3.8, 4) is 0 Å². The molecule has 0 aromatic heterocycles. The lowest BCUT2D eigenvalue weighted by Gasteiger charge is -2.37. The Bertz CT molecular complexity index is 762. The van der Waals surface area contributed by atoms with Gasteiger partial charge in [0.25, 0.3) is 0 Å². The standard InChI is InChI=1S/C23H33NO7/c1-22(2)28-18-17(27-21-20(19(18)29-22)30-23(3,4)31-21)14-26-13-15-5-7-16(8-6-15)24-9-11-25-12-10-24/h5-8,17-21H,9-14H2,1-4H3/t17-,18+,19+,20-,21-/m1/s1. The van der Waals surface area contributed by atoms with Gasteiger partial charge in [-0.25, -0.2) is 0 Å². The van der Waals surface area contributed by atoms with Crippen molar-refractivity contribution in [1.82, 2.24) is 0 Å². The molecule has 0 saturated carbocycles. The number of fused-ring (bicyclic) bond motifs is 3. The summed E-state index contributed by atoms with van der Waals surface area (Å²) in [5, 5.41) is 0. The highest BCUT2D eigenvalue weighted by atomic mass is 16.9. The van der Waals surface area contributed by atoms with Gasteiger partial charge in [-0.1, -0.05) is 12.1 Å². The van der Waals surface area contributed by atoms with E-state index < -0.39 is 17.9 Å². The highest BCUT2D eigenvalue weighted by molar-refractivity contribution is 5.47. The number of anilines is 1. The van der Waals surface area contributed by atoms with Crippen LogP contribution < -0.4 is 4.90 Å². The molecular weight excluding hydrogens is 402 g/mol. The Labute approximate surface area is 183 Å². The van der Waals surface area contributed by atoms with Gasteiger partial charge in [-0.05, 0) is 45.4 Å². The number of hydrogen-bond acceptors (Lipinski definition) is 8. The highest BCUT2D eigenvalue weighted by Crippen LogP contribution is 2.44. The summed E-state index contributed by atoms with van der Waals surface area (Å²) in [6, 6.07) is 8.51. The van der Waals surface area contributed by atoms with Crippen molar-refractivity contribution in [2.45, 2.75) is 76.6 Å². The van der Waals surface area contributed by atoms with Crippen LogP contribution in [0.2, 0.25) is 0 Å². The summed E-state index contributed by atoms with van der Waals surface area (Å²) in [5.41, 5.74) is 2.34. The van der Waals surface area contributed by atoms with Crippen molar-refractivity contribution >= 4 is 5.69 Å². The monoisotopic (exact) mass is 435 g/mol. The maximum Gasteiger partial charge on any atom is 0.190 e. The van der Waals surface area contributed by atoms with E-state index in [4.69, 9.17) is 33.2 Å². The first-order chi connectivity index (χ1) is 14.8. The molecule has 5 atom stereocenters. The molecule has 1 aromatic carbocycles. The van der Waals surface area contributed by atoms with E-state index in [1.54, 1.807) is 0 Å². The quantitative estimate of drug-likeness (QED) is 0.699. The minimum Gasteiger partial charge on any atom is -0.378 e. The number of morpholine rings is 1. The Hall–Kier alpha value is -1.26. The molecule has 0 radical (unpaired) electrons. The molecule has 0 N–H and O–H groups in total. The molecule has 4 aliphatic rings. The lowest BCUT2D eigenvalue weighted by Crippen LogP contribution is -2.56. The molecule has 0 amide bonds. The van der Waals surface area contributed by atoms with Gasteiger partial charge in [0.15, 0.2) is 17.9 Å².